The molecule has 2 amide bonds. The fourth-order valence-electron chi connectivity index (χ4n) is 3.75. The molecule has 4 rings (SSSR count). The van der Waals surface area contributed by atoms with E-state index in [4.69, 9.17) is 9.47 Å². The lowest BCUT2D eigenvalue weighted by molar-refractivity contribution is -0.897. The van der Waals surface area contributed by atoms with Crippen LogP contribution in [0.25, 0.3) is 0 Å². The third-order valence-electron chi connectivity index (χ3n) is 5.40. The first-order valence-electron chi connectivity index (χ1n) is 10.0. The minimum atomic E-state index is -0.0273. The predicted molar refractivity (Wildman–Crippen MR) is 107 cm³/mol. The van der Waals surface area contributed by atoms with Crippen molar-refractivity contribution in [2.24, 2.45) is 0 Å². The van der Waals surface area contributed by atoms with Gasteiger partial charge >= 0.3 is 0 Å². The number of rotatable bonds is 6. The van der Waals surface area contributed by atoms with Crippen molar-refractivity contribution >= 4 is 11.8 Å². The fourth-order valence-corrected chi connectivity index (χ4v) is 3.75. The van der Waals surface area contributed by atoms with Gasteiger partial charge < -0.3 is 25.0 Å². The highest BCUT2D eigenvalue weighted by molar-refractivity contribution is 5.94. The monoisotopic (exact) mass is 396 g/mol. The van der Waals surface area contributed by atoms with Gasteiger partial charge in [0.1, 0.15) is 0 Å². The van der Waals surface area contributed by atoms with Gasteiger partial charge in [0.2, 0.25) is 6.79 Å². The molecule has 0 aliphatic carbocycles. The summed E-state index contributed by atoms with van der Waals surface area (Å²) in [5, 5.41) is 6.08. The third kappa shape index (κ3) is 5.06. The molecule has 2 aliphatic heterocycles. The highest BCUT2D eigenvalue weighted by Gasteiger charge is 2.25. The highest BCUT2D eigenvalue weighted by atomic mass is 16.7. The van der Waals surface area contributed by atoms with E-state index in [1.54, 1.807) is 0 Å². The van der Waals surface area contributed by atoms with Crippen LogP contribution in [-0.2, 0) is 11.3 Å². The van der Waals surface area contributed by atoms with E-state index in [2.05, 4.69) is 10.6 Å². The predicted octanol–water partition coefficient (Wildman–Crippen LogP) is 0.509. The third-order valence-corrected chi connectivity index (χ3v) is 5.40. The van der Waals surface area contributed by atoms with Crippen molar-refractivity contribution in [1.82, 2.24) is 10.6 Å². The van der Waals surface area contributed by atoms with E-state index in [9.17, 15) is 9.59 Å². The summed E-state index contributed by atoms with van der Waals surface area (Å²) in [5.41, 5.74) is 1.67. The number of piperidine rings is 1. The van der Waals surface area contributed by atoms with E-state index >= 15 is 0 Å². The van der Waals surface area contributed by atoms with Crippen LogP contribution in [0.3, 0.4) is 0 Å². The van der Waals surface area contributed by atoms with Crippen LogP contribution in [-0.4, -0.2) is 44.3 Å². The van der Waals surface area contributed by atoms with Crippen molar-refractivity contribution in [2.75, 3.05) is 26.4 Å². The van der Waals surface area contributed by atoms with Crippen molar-refractivity contribution in [3.63, 3.8) is 0 Å². The number of likely N-dealkylation sites (tertiary alicyclic amines) is 1. The van der Waals surface area contributed by atoms with Crippen LogP contribution in [0.2, 0.25) is 0 Å². The SMILES string of the molecule is O=C(C[NH+]1CCC(NC(=O)c2ccccc2)CC1)NCc1ccc2c(c1)OCO2. The lowest BCUT2D eigenvalue weighted by atomic mass is 10.0. The van der Waals surface area contributed by atoms with E-state index in [-0.39, 0.29) is 24.6 Å². The fraction of sp³-hybridized carbons (Fsp3) is 0.364. The van der Waals surface area contributed by atoms with Crippen molar-refractivity contribution in [3.8, 4) is 11.5 Å². The van der Waals surface area contributed by atoms with Gasteiger partial charge in [-0.15, -0.1) is 0 Å². The zero-order valence-corrected chi connectivity index (χ0v) is 16.3. The minimum absolute atomic E-state index is 0.0273. The van der Waals surface area contributed by atoms with E-state index in [0.717, 1.165) is 43.0 Å². The molecule has 7 nitrogen and oxygen atoms in total. The van der Waals surface area contributed by atoms with Crippen LogP contribution in [0, 0.1) is 0 Å². The molecule has 152 valence electrons. The van der Waals surface area contributed by atoms with Crippen LogP contribution >= 0.6 is 0 Å². The Morgan fingerprint density at radius 1 is 1.00 bits per heavy atom. The Bertz CT molecular complexity index is 864. The molecular weight excluding hydrogens is 370 g/mol. The molecule has 3 N–H and O–H groups in total. The molecule has 1 saturated heterocycles. The summed E-state index contributed by atoms with van der Waals surface area (Å²) < 4.78 is 10.7. The molecule has 0 spiro atoms. The Balaban J connectivity index is 1.17. The van der Waals surface area contributed by atoms with Gasteiger partial charge in [-0.3, -0.25) is 9.59 Å². The molecule has 2 heterocycles. The second-order valence-electron chi connectivity index (χ2n) is 7.50. The first kappa shape index (κ1) is 19.3. The Morgan fingerprint density at radius 3 is 2.55 bits per heavy atom. The topological polar surface area (TPSA) is 81.1 Å². The second kappa shape index (κ2) is 8.96. The highest BCUT2D eigenvalue weighted by Crippen LogP contribution is 2.32. The normalized spacial score (nSPS) is 20.1. The molecular formula is C22H26N3O4+. The minimum Gasteiger partial charge on any atom is -0.454 e. The van der Waals surface area contributed by atoms with Gasteiger partial charge in [-0.25, -0.2) is 0 Å². The number of carbonyl (C=O) groups excluding carboxylic acids is 2. The molecule has 2 aromatic carbocycles. The van der Waals surface area contributed by atoms with Crippen LogP contribution < -0.4 is 25.0 Å². The number of ether oxygens (including phenoxy) is 2. The number of carbonyl (C=O) groups is 2. The lowest BCUT2D eigenvalue weighted by Crippen LogP contribution is -3.14. The largest absolute Gasteiger partial charge is 0.454 e. The summed E-state index contributed by atoms with van der Waals surface area (Å²) in [5.74, 6) is 1.47. The molecule has 0 atom stereocenters. The molecule has 29 heavy (non-hydrogen) atoms. The van der Waals surface area contributed by atoms with Crippen LogP contribution in [0.15, 0.2) is 48.5 Å². The molecule has 0 saturated carbocycles. The summed E-state index contributed by atoms with van der Waals surface area (Å²) >= 11 is 0. The van der Waals surface area contributed by atoms with Crippen molar-refractivity contribution in [3.05, 3.63) is 59.7 Å². The van der Waals surface area contributed by atoms with Crippen LogP contribution in [0.4, 0.5) is 0 Å². The van der Waals surface area contributed by atoms with Crippen molar-refractivity contribution in [1.29, 1.82) is 0 Å². The number of hydrogen-bond acceptors (Lipinski definition) is 4. The molecule has 2 aliphatic rings. The second-order valence-corrected chi connectivity index (χ2v) is 7.50. The van der Waals surface area contributed by atoms with Gasteiger partial charge in [0, 0.05) is 31.0 Å². The molecule has 0 aromatic heterocycles. The smallest absolute Gasteiger partial charge is 0.275 e. The van der Waals surface area contributed by atoms with Gasteiger partial charge in [0.25, 0.3) is 11.8 Å². The Labute approximate surface area is 170 Å². The molecule has 2 aromatic rings. The summed E-state index contributed by atoms with van der Waals surface area (Å²) in [4.78, 5) is 25.8. The Kier molecular flexibility index (Phi) is 5.95. The van der Waals surface area contributed by atoms with Gasteiger partial charge in [-0.05, 0) is 29.8 Å². The number of amides is 2. The van der Waals surface area contributed by atoms with Gasteiger partial charge in [-0.2, -0.15) is 0 Å². The number of hydrogen-bond donors (Lipinski definition) is 3. The average molecular weight is 396 g/mol. The first-order valence-corrected chi connectivity index (χ1v) is 10.0. The molecule has 0 unspecified atom stereocenters. The summed E-state index contributed by atoms with van der Waals surface area (Å²) in [6, 6.07) is 15.1. The zero-order chi connectivity index (χ0) is 20.1. The lowest BCUT2D eigenvalue weighted by Gasteiger charge is -2.29. The van der Waals surface area contributed by atoms with Crippen LogP contribution in [0.5, 0.6) is 11.5 Å². The quantitative estimate of drug-likeness (QED) is 0.665. The Hall–Kier alpha value is -3.06. The average Bonchev–Trinajstić information content (AvgIpc) is 3.22. The van der Waals surface area contributed by atoms with E-state index in [0.29, 0.717) is 18.7 Å². The number of nitrogens with one attached hydrogen (secondary N) is 3. The standard InChI is InChI=1S/C22H25N3O4/c26-21(23-13-16-6-7-19-20(12-16)29-15-28-19)14-25-10-8-18(9-11-25)24-22(27)17-4-2-1-3-5-17/h1-7,12,18H,8-11,13-15H2,(H,23,26)(H,24,27)/p+1. The van der Waals surface area contributed by atoms with Crippen molar-refractivity contribution in [2.45, 2.75) is 25.4 Å². The van der Waals surface area contributed by atoms with E-state index < -0.39 is 0 Å². The molecule has 7 heteroatoms. The number of quaternary nitrogens is 1. The Morgan fingerprint density at radius 2 is 1.76 bits per heavy atom. The number of fused-ring (bicyclic) bond motifs is 1. The van der Waals surface area contributed by atoms with E-state index in [1.807, 2.05) is 48.5 Å². The van der Waals surface area contributed by atoms with E-state index in [1.165, 1.54) is 4.90 Å². The molecule has 0 radical (unpaired) electrons. The van der Waals surface area contributed by atoms with Gasteiger partial charge in [0.05, 0.1) is 13.1 Å². The summed E-state index contributed by atoms with van der Waals surface area (Å²) in [6.45, 7) is 2.91. The van der Waals surface area contributed by atoms with Crippen LogP contribution in [0.1, 0.15) is 28.8 Å². The molecule has 1 fully saturated rings. The molecule has 0 bridgehead atoms. The van der Waals surface area contributed by atoms with Crippen molar-refractivity contribution < 1.29 is 24.0 Å². The number of benzene rings is 2. The summed E-state index contributed by atoms with van der Waals surface area (Å²) in [6.07, 6.45) is 1.76. The first-order chi connectivity index (χ1) is 14.2. The maximum Gasteiger partial charge on any atom is 0.275 e. The maximum absolute atomic E-state index is 12.3. The zero-order valence-electron chi connectivity index (χ0n) is 16.3. The van der Waals surface area contributed by atoms with Gasteiger partial charge in [0.15, 0.2) is 18.0 Å². The maximum atomic E-state index is 12.3. The van der Waals surface area contributed by atoms with Gasteiger partial charge in [-0.1, -0.05) is 24.3 Å². The summed E-state index contributed by atoms with van der Waals surface area (Å²) in [7, 11) is 0.